The summed E-state index contributed by atoms with van der Waals surface area (Å²) in [5.41, 5.74) is 0.231. The number of hydrogen-bond acceptors (Lipinski definition) is 3. The molecule has 1 atom stereocenters. The van der Waals surface area contributed by atoms with Crippen LogP contribution in [0, 0.1) is 11.2 Å². The van der Waals surface area contributed by atoms with E-state index < -0.39 is 11.9 Å². The van der Waals surface area contributed by atoms with E-state index in [9.17, 15) is 9.18 Å². The van der Waals surface area contributed by atoms with Gasteiger partial charge in [-0.25, -0.2) is 9.18 Å². The van der Waals surface area contributed by atoms with Gasteiger partial charge in [-0.05, 0) is 24.6 Å². The average Bonchev–Trinajstić information content (AvgIpc) is 2.36. The summed E-state index contributed by atoms with van der Waals surface area (Å²) in [6.45, 7) is 6.20. The molecule has 7 heteroatoms. The van der Waals surface area contributed by atoms with Gasteiger partial charge >= 0.3 is 6.09 Å². The Balaban J connectivity index is 0.00000220. The molecule has 118 valence electrons. The van der Waals surface area contributed by atoms with Gasteiger partial charge in [0.25, 0.3) is 0 Å². The molecule has 0 unspecified atom stereocenters. The lowest BCUT2D eigenvalue weighted by atomic mass is 9.80. The van der Waals surface area contributed by atoms with Gasteiger partial charge in [0.1, 0.15) is 6.61 Å². The third-order valence-corrected chi connectivity index (χ3v) is 3.54. The fourth-order valence-corrected chi connectivity index (χ4v) is 2.52. The van der Waals surface area contributed by atoms with Crippen molar-refractivity contribution in [3.63, 3.8) is 0 Å². The summed E-state index contributed by atoms with van der Waals surface area (Å²) in [6.07, 6.45) is -0.514. The molecular formula is C14H18Cl2FNO3. The Morgan fingerprint density at radius 2 is 2.19 bits per heavy atom. The van der Waals surface area contributed by atoms with Crippen LogP contribution in [0.15, 0.2) is 12.1 Å². The van der Waals surface area contributed by atoms with Crippen LogP contribution in [-0.2, 0) is 4.74 Å². The van der Waals surface area contributed by atoms with Crippen molar-refractivity contribution in [2.75, 3.05) is 13.2 Å². The highest BCUT2D eigenvalue weighted by Gasteiger charge is 2.38. The zero-order valence-corrected chi connectivity index (χ0v) is 13.6. The van der Waals surface area contributed by atoms with Gasteiger partial charge in [-0.15, -0.1) is 12.4 Å². The number of carbonyl (C=O) groups excluding carboxylic acids is 1. The van der Waals surface area contributed by atoms with Crippen LogP contribution in [0.2, 0.25) is 5.02 Å². The van der Waals surface area contributed by atoms with Crippen molar-refractivity contribution in [1.29, 1.82) is 0 Å². The fourth-order valence-electron chi connectivity index (χ4n) is 2.25. The largest absolute Gasteiger partial charge is 0.489 e. The van der Waals surface area contributed by atoms with E-state index in [-0.39, 0.29) is 41.2 Å². The third kappa shape index (κ3) is 3.71. The van der Waals surface area contributed by atoms with Crippen LogP contribution in [0.4, 0.5) is 9.18 Å². The third-order valence-electron chi connectivity index (χ3n) is 3.26. The highest BCUT2D eigenvalue weighted by atomic mass is 35.5. The Bertz CT molecular complexity index is 514. The second-order valence-electron chi connectivity index (χ2n) is 5.39. The van der Waals surface area contributed by atoms with E-state index >= 15 is 0 Å². The van der Waals surface area contributed by atoms with Crippen LogP contribution in [0.5, 0.6) is 5.75 Å². The topological polar surface area (TPSA) is 47.6 Å². The maximum atomic E-state index is 14.0. The fraction of sp³-hybridized carbons (Fsp3) is 0.500. The van der Waals surface area contributed by atoms with E-state index in [1.807, 2.05) is 13.8 Å². The number of nitrogens with one attached hydrogen (secondary N) is 1. The molecule has 0 aliphatic carbocycles. The van der Waals surface area contributed by atoms with E-state index in [1.54, 1.807) is 13.0 Å². The smallest absolute Gasteiger partial charge is 0.407 e. The summed E-state index contributed by atoms with van der Waals surface area (Å²) >= 11 is 6.05. The number of halogens is 3. The van der Waals surface area contributed by atoms with Gasteiger partial charge in [0, 0.05) is 5.41 Å². The molecule has 1 heterocycles. The van der Waals surface area contributed by atoms with Gasteiger partial charge in [-0.2, -0.15) is 0 Å². The molecule has 1 amide bonds. The van der Waals surface area contributed by atoms with E-state index in [4.69, 9.17) is 21.1 Å². The molecule has 0 spiro atoms. The molecule has 1 fully saturated rings. The van der Waals surface area contributed by atoms with Crippen molar-refractivity contribution in [2.24, 2.45) is 5.41 Å². The molecule has 1 aliphatic heterocycles. The number of ether oxygens (including phenoxy) is 2. The van der Waals surface area contributed by atoms with Crippen LogP contribution in [0.25, 0.3) is 0 Å². The summed E-state index contributed by atoms with van der Waals surface area (Å²) in [7, 11) is 0. The second kappa shape index (κ2) is 6.71. The zero-order chi connectivity index (χ0) is 14.9. The Hall–Kier alpha value is -1.20. The Kier molecular flexibility index (Phi) is 5.70. The van der Waals surface area contributed by atoms with Crippen molar-refractivity contribution >= 4 is 30.1 Å². The first-order valence-electron chi connectivity index (χ1n) is 6.40. The first kappa shape index (κ1) is 17.9. The van der Waals surface area contributed by atoms with E-state index in [1.165, 1.54) is 6.07 Å². The van der Waals surface area contributed by atoms with Gasteiger partial charge in [-0.3, -0.25) is 0 Å². The number of amides is 1. The van der Waals surface area contributed by atoms with Crippen LogP contribution in [-0.4, -0.2) is 19.3 Å². The highest BCUT2D eigenvalue weighted by molar-refractivity contribution is 6.32. The Morgan fingerprint density at radius 1 is 1.52 bits per heavy atom. The second-order valence-corrected chi connectivity index (χ2v) is 5.80. The predicted molar refractivity (Wildman–Crippen MR) is 80.8 cm³/mol. The molecule has 0 bridgehead atoms. The SMILES string of the molecule is CCOc1c(F)cc([C@H]2NC(=O)OCC2(C)C)cc1Cl.Cl. The molecule has 0 aromatic heterocycles. The number of alkyl carbamates (subject to hydrolysis) is 1. The van der Waals surface area contributed by atoms with Gasteiger partial charge in [0.15, 0.2) is 11.6 Å². The van der Waals surface area contributed by atoms with Gasteiger partial charge in [0.05, 0.1) is 17.7 Å². The van der Waals surface area contributed by atoms with Crippen molar-refractivity contribution in [3.05, 3.63) is 28.5 Å². The Labute approximate surface area is 134 Å². The van der Waals surface area contributed by atoms with Crippen LogP contribution < -0.4 is 10.1 Å². The molecule has 2 rings (SSSR count). The summed E-state index contributed by atoms with van der Waals surface area (Å²) in [5.74, 6) is -0.500. The molecule has 1 aromatic carbocycles. The zero-order valence-electron chi connectivity index (χ0n) is 12.0. The lowest BCUT2D eigenvalue weighted by Gasteiger charge is -2.38. The number of carbonyl (C=O) groups is 1. The number of rotatable bonds is 3. The van der Waals surface area contributed by atoms with Gasteiger partial charge in [0.2, 0.25) is 0 Å². The van der Waals surface area contributed by atoms with Crippen molar-refractivity contribution in [3.8, 4) is 5.75 Å². The number of benzene rings is 1. The summed E-state index contributed by atoms with van der Waals surface area (Å²) in [4.78, 5) is 11.4. The minimum Gasteiger partial charge on any atom is -0.489 e. The van der Waals surface area contributed by atoms with E-state index in [2.05, 4.69) is 5.32 Å². The number of cyclic esters (lactones) is 1. The molecule has 1 aromatic rings. The molecular weight excluding hydrogens is 320 g/mol. The Morgan fingerprint density at radius 3 is 2.76 bits per heavy atom. The monoisotopic (exact) mass is 337 g/mol. The minimum absolute atomic E-state index is 0. The lowest BCUT2D eigenvalue weighted by Crippen LogP contribution is -2.46. The van der Waals surface area contributed by atoms with E-state index in [0.717, 1.165) is 0 Å². The van der Waals surface area contributed by atoms with Crippen LogP contribution in [0.1, 0.15) is 32.4 Å². The van der Waals surface area contributed by atoms with Crippen LogP contribution in [0.3, 0.4) is 0 Å². The van der Waals surface area contributed by atoms with Crippen LogP contribution >= 0.6 is 24.0 Å². The standard InChI is InChI=1S/C14H17ClFNO3.ClH/c1-4-19-11-9(15)5-8(6-10(11)16)12-14(2,3)7-20-13(18)17-12;/h5-6,12H,4,7H2,1-3H3,(H,17,18);1H/t12-;/m1./s1. The van der Waals surface area contributed by atoms with Crippen molar-refractivity contribution < 1.29 is 18.7 Å². The maximum absolute atomic E-state index is 14.0. The first-order valence-corrected chi connectivity index (χ1v) is 6.78. The molecule has 1 aliphatic rings. The summed E-state index contributed by atoms with van der Waals surface area (Å²) in [5, 5.41) is 2.89. The quantitative estimate of drug-likeness (QED) is 0.902. The summed E-state index contributed by atoms with van der Waals surface area (Å²) < 4.78 is 24.2. The maximum Gasteiger partial charge on any atom is 0.407 e. The molecule has 4 nitrogen and oxygen atoms in total. The predicted octanol–water partition coefficient (Wildman–Crippen LogP) is 4.11. The average molecular weight is 338 g/mol. The first-order chi connectivity index (χ1) is 9.35. The molecule has 0 radical (unpaired) electrons. The van der Waals surface area contributed by atoms with Gasteiger partial charge in [-0.1, -0.05) is 25.4 Å². The van der Waals surface area contributed by atoms with Crippen molar-refractivity contribution in [2.45, 2.75) is 26.8 Å². The highest BCUT2D eigenvalue weighted by Crippen LogP contribution is 2.39. The normalized spacial score (nSPS) is 20.0. The molecule has 1 N–H and O–H groups in total. The lowest BCUT2D eigenvalue weighted by molar-refractivity contribution is 0.0386. The molecule has 21 heavy (non-hydrogen) atoms. The molecule has 0 saturated carbocycles. The number of hydrogen-bond donors (Lipinski definition) is 1. The van der Waals surface area contributed by atoms with Crippen molar-refractivity contribution in [1.82, 2.24) is 5.32 Å². The minimum atomic E-state index is -0.536. The summed E-state index contributed by atoms with van der Waals surface area (Å²) in [6, 6.07) is 2.59. The van der Waals surface area contributed by atoms with Gasteiger partial charge < -0.3 is 14.8 Å². The van der Waals surface area contributed by atoms with E-state index in [0.29, 0.717) is 12.2 Å². The molecule has 1 saturated heterocycles.